The van der Waals surface area contributed by atoms with Gasteiger partial charge in [0.25, 0.3) is 0 Å². The van der Waals surface area contributed by atoms with Crippen LogP contribution in [-0.2, 0) is 0 Å². The lowest BCUT2D eigenvalue weighted by Crippen LogP contribution is -2.34. The minimum Gasteiger partial charge on any atom is -0.356 e. The van der Waals surface area contributed by atoms with E-state index in [1.165, 1.54) is 129 Å². The number of nitrogens with zero attached hydrogens (tertiary/aromatic N) is 3. The first-order valence-electron chi connectivity index (χ1n) is 26.9. The Morgan fingerprint density at radius 2 is 0.930 bits per heavy atom. The van der Waals surface area contributed by atoms with Crippen LogP contribution in [0, 0.1) is 23.7 Å². The Kier molecular flexibility index (Phi) is 17.3. The number of piperidine rings is 4. The second-order valence-electron chi connectivity index (χ2n) is 20.3. The number of rotatable bonds is 9. The minimum absolute atomic E-state index is 0.0435. The lowest BCUT2D eigenvalue weighted by molar-refractivity contribution is 0.103. The molecule has 71 heavy (non-hydrogen) atoms. The summed E-state index contributed by atoms with van der Waals surface area (Å²) in [5.74, 6) is 4.80. The zero-order chi connectivity index (χ0) is 50.0. The number of hydrogen-bond donors (Lipinski definition) is 3. The van der Waals surface area contributed by atoms with E-state index in [4.69, 9.17) is 41.2 Å². The van der Waals surface area contributed by atoms with Crippen LogP contribution in [0.3, 0.4) is 0 Å². The van der Waals surface area contributed by atoms with E-state index in [0.717, 1.165) is 86.6 Å². The standard InChI is InChI=1S/C29H32ClN3O.C16H7Cl2NO.C13H26N2.CH3F/c30-21-8-9-22-24(18-21)28(34)26-23-6-1-2-7-25(23)32-29(27(22)26)33-16-12-20(13-17-33)5-3-4-19-10-14-31-15-11-19;17-8-5-6-9-11(7-8)15(20)13-10-3-1-2-4-12(10)19-16(18)14(9)13;1(2-12-4-8-14-9-5-12)3-13-6-10-15-11-7-13;1-2/h1-2,6-9,18-20,31H,3-5,10-17H2;1-7H;12-15H,1-11H2;1H3/i;;;1D. The van der Waals surface area contributed by atoms with E-state index in [9.17, 15) is 14.0 Å². The highest BCUT2D eigenvalue weighted by Crippen LogP contribution is 2.47. The number of carbonyl (C=O) groups is 2. The zero-order valence-electron chi connectivity index (χ0n) is 41.8. The van der Waals surface area contributed by atoms with Gasteiger partial charge in [-0.1, -0.05) is 122 Å². The smallest absolute Gasteiger partial charge is 0.195 e. The summed E-state index contributed by atoms with van der Waals surface area (Å²) in [6.45, 7) is 9.46. The average Bonchev–Trinajstić information content (AvgIpc) is 3.87. The summed E-state index contributed by atoms with van der Waals surface area (Å²) in [6.07, 6.45) is 19.4. The normalized spacial score (nSPS) is 18.3. The fraction of sp³-hybridized carbons (Fsp3) is 0.458. The number of fused-ring (bicyclic) bond motifs is 10. The Bertz CT molecular complexity index is 2820. The van der Waals surface area contributed by atoms with Crippen LogP contribution in [0.1, 0.15) is 123 Å². The molecule has 0 atom stereocenters. The number of alkyl halides is 1. The number of hydrogen-bond acceptors (Lipinski definition) is 8. The van der Waals surface area contributed by atoms with Crippen molar-refractivity contribution in [2.75, 3.05) is 64.4 Å². The third kappa shape index (κ3) is 11.8. The fourth-order valence-electron chi connectivity index (χ4n) is 12.0. The molecule has 4 aliphatic heterocycles. The molecule has 0 radical (unpaired) electrons. The fourth-order valence-corrected chi connectivity index (χ4v) is 12.7. The summed E-state index contributed by atoms with van der Waals surface area (Å²) in [7, 11) is -1.00. The van der Waals surface area contributed by atoms with Gasteiger partial charge in [0.1, 0.15) is 11.0 Å². The first kappa shape index (κ1) is 50.1. The van der Waals surface area contributed by atoms with Gasteiger partial charge in [-0.05, 0) is 162 Å². The zero-order valence-corrected chi connectivity index (χ0v) is 43.1. The SMILES string of the molecule is C(CC1CCNCC1)CC1CCNCC1.O=C1c2cc(Cl)ccc2-c2c(Cl)nc3ccccc3c21.O=C1c2cc(Cl)ccc2-c2c(N3CCC(CCCC4CCNCC4)CC3)nc3ccccc3c21.[2H]CF. The number of aromatic nitrogens is 2. The Morgan fingerprint density at radius 3 is 1.39 bits per heavy atom. The van der Waals surface area contributed by atoms with Crippen LogP contribution in [0.4, 0.5) is 10.2 Å². The molecule has 0 bridgehead atoms. The molecule has 0 saturated carbocycles. The molecule has 4 saturated heterocycles. The van der Waals surface area contributed by atoms with Gasteiger partial charge in [-0.15, -0.1) is 0 Å². The summed E-state index contributed by atoms with van der Waals surface area (Å²) in [6, 6.07) is 26.5. The van der Waals surface area contributed by atoms with Gasteiger partial charge in [-0.3, -0.25) is 14.0 Å². The lowest BCUT2D eigenvalue weighted by Gasteiger charge is -2.34. The molecule has 4 fully saturated rings. The maximum atomic E-state index is 13.5. The Morgan fingerprint density at radius 1 is 0.535 bits per heavy atom. The summed E-state index contributed by atoms with van der Waals surface area (Å²) in [5, 5.41) is 13.6. The van der Waals surface area contributed by atoms with Crippen molar-refractivity contribution in [3.63, 3.8) is 0 Å². The first-order chi connectivity index (χ1) is 35.2. The highest BCUT2D eigenvalue weighted by molar-refractivity contribution is 6.39. The molecule has 12 rings (SSSR count). The maximum Gasteiger partial charge on any atom is 0.195 e. The molecular formula is C59H68Cl3FN6O2. The van der Waals surface area contributed by atoms with Crippen molar-refractivity contribution >= 4 is 74.0 Å². The highest BCUT2D eigenvalue weighted by Gasteiger charge is 2.35. The average molecular weight is 1020 g/mol. The van der Waals surface area contributed by atoms with Crippen molar-refractivity contribution in [1.29, 1.82) is 0 Å². The monoisotopic (exact) mass is 1020 g/mol. The van der Waals surface area contributed by atoms with Crippen molar-refractivity contribution in [2.45, 2.75) is 89.9 Å². The van der Waals surface area contributed by atoms with Crippen molar-refractivity contribution in [3.05, 3.63) is 122 Å². The van der Waals surface area contributed by atoms with Crippen LogP contribution in [0.25, 0.3) is 44.1 Å². The number of benzene rings is 4. The predicted molar refractivity (Wildman–Crippen MR) is 293 cm³/mol. The number of para-hydroxylation sites is 2. The predicted octanol–water partition coefficient (Wildman–Crippen LogP) is 14.0. The van der Waals surface area contributed by atoms with Crippen molar-refractivity contribution in [2.24, 2.45) is 23.7 Å². The number of halogens is 4. The topological polar surface area (TPSA) is 99.2 Å². The van der Waals surface area contributed by atoms with E-state index in [-0.39, 0.29) is 11.6 Å². The molecule has 0 unspecified atom stereocenters. The Balaban J connectivity index is 0.000000142. The van der Waals surface area contributed by atoms with Crippen molar-refractivity contribution in [3.8, 4) is 22.3 Å². The van der Waals surface area contributed by atoms with Gasteiger partial charge in [-0.25, -0.2) is 9.97 Å². The largest absolute Gasteiger partial charge is 0.356 e. The van der Waals surface area contributed by atoms with Crippen LogP contribution in [0.5, 0.6) is 0 Å². The summed E-state index contributed by atoms with van der Waals surface area (Å²) >= 11 is 18.5. The second-order valence-corrected chi connectivity index (χ2v) is 21.5. The van der Waals surface area contributed by atoms with E-state index >= 15 is 0 Å². The molecule has 3 N–H and O–H groups in total. The molecule has 2 aromatic heterocycles. The Hall–Kier alpha value is -4.48. The number of nitrogens with one attached hydrogen (secondary N) is 3. The van der Waals surface area contributed by atoms with Crippen molar-refractivity contribution < 1.29 is 15.4 Å². The lowest BCUT2D eigenvalue weighted by atomic mass is 9.87. The minimum atomic E-state index is -1.00. The van der Waals surface area contributed by atoms with Gasteiger partial charge < -0.3 is 20.9 Å². The first-order valence-corrected chi connectivity index (χ1v) is 27.3. The third-order valence-electron chi connectivity index (χ3n) is 15.9. The number of ketones is 2. The summed E-state index contributed by atoms with van der Waals surface area (Å²) in [5.41, 5.74) is 7.82. The van der Waals surface area contributed by atoms with Crippen LogP contribution in [-0.4, -0.2) is 81.0 Å². The van der Waals surface area contributed by atoms with Crippen LogP contribution < -0.4 is 20.9 Å². The third-order valence-corrected chi connectivity index (χ3v) is 16.7. The van der Waals surface area contributed by atoms with Crippen LogP contribution >= 0.6 is 34.8 Å². The van der Waals surface area contributed by atoms with E-state index in [2.05, 4.69) is 25.8 Å². The van der Waals surface area contributed by atoms with Gasteiger partial charge in [0, 0.05) is 67.3 Å². The molecule has 2 aliphatic carbocycles. The van der Waals surface area contributed by atoms with Gasteiger partial charge in [0.05, 0.1) is 19.6 Å². The molecule has 6 aromatic rings. The molecule has 374 valence electrons. The van der Waals surface area contributed by atoms with E-state index in [1.54, 1.807) is 12.1 Å². The molecule has 8 nitrogen and oxygen atoms in total. The second kappa shape index (κ2) is 24.5. The maximum absolute atomic E-state index is 13.5. The van der Waals surface area contributed by atoms with Crippen molar-refractivity contribution in [1.82, 2.24) is 25.9 Å². The van der Waals surface area contributed by atoms with E-state index in [0.29, 0.717) is 37.5 Å². The van der Waals surface area contributed by atoms with Gasteiger partial charge in [-0.2, -0.15) is 0 Å². The quantitative estimate of drug-likeness (QED) is 0.123. The number of anilines is 1. The van der Waals surface area contributed by atoms with Gasteiger partial charge in [0.15, 0.2) is 11.6 Å². The molecular weight excluding hydrogens is 950 g/mol. The van der Waals surface area contributed by atoms with Gasteiger partial charge in [0.2, 0.25) is 0 Å². The Labute approximate surface area is 435 Å². The van der Waals surface area contributed by atoms with E-state index < -0.39 is 7.15 Å². The molecule has 6 aliphatic rings. The van der Waals surface area contributed by atoms with Crippen LogP contribution in [0.2, 0.25) is 15.2 Å². The molecule has 0 amide bonds. The molecule has 6 heterocycles. The summed E-state index contributed by atoms with van der Waals surface area (Å²) < 4.78 is 15.5. The van der Waals surface area contributed by atoms with E-state index in [1.807, 2.05) is 72.8 Å². The number of carbonyl (C=O) groups excluding carboxylic acids is 2. The van der Waals surface area contributed by atoms with Gasteiger partial charge >= 0.3 is 0 Å². The molecule has 0 spiro atoms. The van der Waals surface area contributed by atoms with Crippen LogP contribution in [0.15, 0.2) is 84.9 Å². The molecule has 4 aromatic carbocycles. The summed E-state index contributed by atoms with van der Waals surface area (Å²) in [4.78, 5) is 38.1. The molecule has 12 heteroatoms. The highest BCUT2D eigenvalue weighted by atomic mass is 35.5. The number of pyridine rings is 2.